The van der Waals surface area contributed by atoms with E-state index in [4.69, 9.17) is 4.74 Å². The Kier molecular flexibility index (Phi) is 4.93. The zero-order valence-corrected chi connectivity index (χ0v) is 11.4. The van der Waals surface area contributed by atoms with Gasteiger partial charge in [0, 0.05) is 18.3 Å². The molecule has 1 fully saturated rings. The average Bonchev–Trinajstić information content (AvgIpc) is 2.31. The van der Waals surface area contributed by atoms with Crippen LogP contribution in [-0.4, -0.2) is 23.1 Å². The Morgan fingerprint density at radius 2 is 2.28 bits per heavy atom. The number of ether oxygens (including phenoxy) is 1. The normalized spacial score (nSPS) is 15.4. The number of hydrogen-bond donors (Lipinski definition) is 1. The third-order valence-corrected chi connectivity index (χ3v) is 3.50. The van der Waals surface area contributed by atoms with Crippen molar-refractivity contribution in [3.8, 4) is 5.88 Å². The van der Waals surface area contributed by atoms with Crippen molar-refractivity contribution in [3.63, 3.8) is 0 Å². The summed E-state index contributed by atoms with van der Waals surface area (Å²) >= 11 is 0. The Hall–Kier alpha value is -1.16. The second kappa shape index (κ2) is 6.69. The van der Waals surface area contributed by atoms with Crippen molar-refractivity contribution in [2.24, 2.45) is 5.92 Å². The molecule has 1 aliphatic rings. The number of hydrogen-bond acceptors (Lipinski definition) is 4. The summed E-state index contributed by atoms with van der Waals surface area (Å²) in [6.45, 7) is 6.48. The van der Waals surface area contributed by atoms with E-state index in [1.165, 1.54) is 19.3 Å². The number of nitrogens with one attached hydrogen (secondary N) is 1. The minimum absolute atomic E-state index is 0.753. The maximum absolute atomic E-state index is 5.83. The summed E-state index contributed by atoms with van der Waals surface area (Å²) in [6, 6.07) is 0. The van der Waals surface area contributed by atoms with Crippen molar-refractivity contribution in [2.45, 2.75) is 46.1 Å². The van der Waals surface area contributed by atoms with E-state index < -0.39 is 0 Å². The molecular formula is C14H23N3O. The average molecular weight is 249 g/mol. The van der Waals surface area contributed by atoms with Gasteiger partial charge >= 0.3 is 0 Å². The predicted molar refractivity (Wildman–Crippen MR) is 71.6 cm³/mol. The highest BCUT2D eigenvalue weighted by atomic mass is 16.5. The summed E-state index contributed by atoms with van der Waals surface area (Å²) < 4.78 is 5.83. The molecule has 1 saturated carbocycles. The maximum Gasteiger partial charge on any atom is 0.221 e. The molecule has 0 spiro atoms. The van der Waals surface area contributed by atoms with Crippen LogP contribution in [0.15, 0.2) is 6.20 Å². The van der Waals surface area contributed by atoms with Crippen LogP contribution in [0.4, 0.5) is 0 Å². The quantitative estimate of drug-likeness (QED) is 0.806. The standard InChI is InChI=1S/C14H23N3O/c1-3-15-9-13-10-16-11(2)17-14(13)18-8-7-12-5-4-6-12/h10,12,15H,3-9H2,1-2H3. The zero-order valence-electron chi connectivity index (χ0n) is 11.4. The Bertz CT molecular complexity index is 377. The van der Waals surface area contributed by atoms with Crippen molar-refractivity contribution in [1.82, 2.24) is 15.3 Å². The molecule has 18 heavy (non-hydrogen) atoms. The third-order valence-electron chi connectivity index (χ3n) is 3.50. The van der Waals surface area contributed by atoms with Crippen LogP contribution in [-0.2, 0) is 6.54 Å². The highest BCUT2D eigenvalue weighted by Gasteiger charge is 2.17. The number of nitrogens with zero attached hydrogens (tertiary/aromatic N) is 2. The van der Waals surface area contributed by atoms with Crippen molar-refractivity contribution < 1.29 is 4.74 Å². The number of aromatic nitrogens is 2. The van der Waals surface area contributed by atoms with E-state index in [0.717, 1.165) is 49.3 Å². The maximum atomic E-state index is 5.83. The van der Waals surface area contributed by atoms with Gasteiger partial charge in [0.05, 0.1) is 6.61 Å². The van der Waals surface area contributed by atoms with Crippen LogP contribution >= 0.6 is 0 Å². The van der Waals surface area contributed by atoms with E-state index in [9.17, 15) is 0 Å². The molecule has 100 valence electrons. The number of aryl methyl sites for hydroxylation is 1. The fraction of sp³-hybridized carbons (Fsp3) is 0.714. The largest absolute Gasteiger partial charge is 0.477 e. The van der Waals surface area contributed by atoms with Gasteiger partial charge in [-0.05, 0) is 25.8 Å². The summed E-state index contributed by atoms with van der Waals surface area (Å²) in [5, 5.41) is 3.29. The van der Waals surface area contributed by atoms with E-state index in [0.29, 0.717) is 0 Å². The first-order valence-electron chi connectivity index (χ1n) is 6.95. The van der Waals surface area contributed by atoms with Gasteiger partial charge in [-0.15, -0.1) is 0 Å². The van der Waals surface area contributed by atoms with Crippen LogP contribution in [0.2, 0.25) is 0 Å². The molecule has 4 nitrogen and oxygen atoms in total. The summed E-state index contributed by atoms with van der Waals surface area (Å²) in [7, 11) is 0. The van der Waals surface area contributed by atoms with Crippen LogP contribution < -0.4 is 10.1 Å². The van der Waals surface area contributed by atoms with E-state index in [2.05, 4.69) is 22.2 Å². The summed E-state index contributed by atoms with van der Waals surface area (Å²) in [5.74, 6) is 2.40. The molecule has 1 heterocycles. The molecule has 0 aliphatic heterocycles. The van der Waals surface area contributed by atoms with E-state index >= 15 is 0 Å². The van der Waals surface area contributed by atoms with Crippen LogP contribution in [0.1, 0.15) is 44.0 Å². The van der Waals surface area contributed by atoms with Gasteiger partial charge < -0.3 is 10.1 Å². The molecule has 0 bridgehead atoms. The molecule has 1 N–H and O–H groups in total. The smallest absolute Gasteiger partial charge is 0.221 e. The molecule has 1 aliphatic carbocycles. The monoisotopic (exact) mass is 249 g/mol. The number of rotatable bonds is 7. The van der Waals surface area contributed by atoms with Crippen LogP contribution in [0.25, 0.3) is 0 Å². The molecule has 0 unspecified atom stereocenters. The summed E-state index contributed by atoms with van der Waals surface area (Å²) in [6.07, 6.45) is 7.16. The van der Waals surface area contributed by atoms with Gasteiger partial charge in [-0.25, -0.2) is 4.98 Å². The van der Waals surface area contributed by atoms with Crippen LogP contribution in [0.3, 0.4) is 0 Å². The molecule has 0 aromatic carbocycles. The van der Waals surface area contributed by atoms with Crippen molar-refractivity contribution in [1.29, 1.82) is 0 Å². The highest BCUT2D eigenvalue weighted by molar-refractivity contribution is 5.23. The van der Waals surface area contributed by atoms with Gasteiger partial charge in [-0.3, -0.25) is 0 Å². The second-order valence-corrected chi connectivity index (χ2v) is 4.96. The molecule has 4 heteroatoms. The lowest BCUT2D eigenvalue weighted by atomic mass is 9.83. The Morgan fingerprint density at radius 1 is 1.44 bits per heavy atom. The first-order chi connectivity index (χ1) is 8.79. The SMILES string of the molecule is CCNCc1cnc(C)nc1OCCC1CCC1. The van der Waals surface area contributed by atoms with Gasteiger partial charge in [-0.1, -0.05) is 26.2 Å². The lowest BCUT2D eigenvalue weighted by molar-refractivity contribution is 0.215. The van der Waals surface area contributed by atoms with Crippen LogP contribution in [0, 0.1) is 12.8 Å². The molecule has 0 amide bonds. The van der Waals surface area contributed by atoms with E-state index in [-0.39, 0.29) is 0 Å². The molecule has 2 rings (SSSR count). The van der Waals surface area contributed by atoms with E-state index in [1.54, 1.807) is 0 Å². The lowest BCUT2D eigenvalue weighted by Crippen LogP contribution is -2.17. The van der Waals surface area contributed by atoms with Gasteiger partial charge in [0.2, 0.25) is 5.88 Å². The molecule has 0 atom stereocenters. The van der Waals surface area contributed by atoms with Gasteiger partial charge in [0.1, 0.15) is 5.82 Å². The minimum Gasteiger partial charge on any atom is -0.477 e. The Labute approximate surface area is 109 Å². The zero-order chi connectivity index (χ0) is 12.8. The Balaban J connectivity index is 1.88. The van der Waals surface area contributed by atoms with Crippen LogP contribution in [0.5, 0.6) is 5.88 Å². The highest BCUT2D eigenvalue weighted by Crippen LogP contribution is 2.29. The molecule has 1 aromatic heterocycles. The first-order valence-corrected chi connectivity index (χ1v) is 6.95. The van der Waals surface area contributed by atoms with E-state index in [1.807, 2.05) is 13.1 Å². The summed E-state index contributed by atoms with van der Waals surface area (Å²) in [5.41, 5.74) is 1.05. The van der Waals surface area contributed by atoms with Crippen molar-refractivity contribution >= 4 is 0 Å². The van der Waals surface area contributed by atoms with Crippen molar-refractivity contribution in [2.75, 3.05) is 13.2 Å². The van der Waals surface area contributed by atoms with Gasteiger partial charge in [-0.2, -0.15) is 4.98 Å². The predicted octanol–water partition coefficient (Wildman–Crippen LogP) is 2.46. The molecule has 0 saturated heterocycles. The minimum atomic E-state index is 0.753. The second-order valence-electron chi connectivity index (χ2n) is 4.96. The third kappa shape index (κ3) is 3.67. The summed E-state index contributed by atoms with van der Waals surface area (Å²) in [4.78, 5) is 8.63. The van der Waals surface area contributed by atoms with Crippen molar-refractivity contribution in [3.05, 3.63) is 17.6 Å². The molecular weight excluding hydrogens is 226 g/mol. The lowest BCUT2D eigenvalue weighted by Gasteiger charge is -2.25. The Morgan fingerprint density at radius 3 is 2.94 bits per heavy atom. The topological polar surface area (TPSA) is 47.0 Å². The molecule has 0 radical (unpaired) electrons. The fourth-order valence-corrected chi connectivity index (χ4v) is 2.08. The molecule has 1 aromatic rings. The fourth-order valence-electron chi connectivity index (χ4n) is 2.08. The first kappa shape index (κ1) is 13.3. The van der Waals surface area contributed by atoms with Gasteiger partial charge in [0.25, 0.3) is 0 Å². The van der Waals surface area contributed by atoms with Gasteiger partial charge in [0.15, 0.2) is 0 Å².